The van der Waals surface area contributed by atoms with Crippen molar-refractivity contribution in [2.75, 3.05) is 11.9 Å². The van der Waals surface area contributed by atoms with Crippen LogP contribution in [0, 0.1) is 0 Å². The summed E-state index contributed by atoms with van der Waals surface area (Å²) < 4.78 is 37.4. The van der Waals surface area contributed by atoms with Gasteiger partial charge in [0.05, 0.1) is 0 Å². The molecule has 0 fully saturated rings. The molecule has 0 amide bonds. The van der Waals surface area contributed by atoms with Crippen LogP contribution in [0.3, 0.4) is 0 Å². The second-order valence-corrected chi connectivity index (χ2v) is 3.76. The number of nitrogens with one attached hydrogen (secondary N) is 1. The van der Waals surface area contributed by atoms with Gasteiger partial charge in [-0.2, -0.15) is 13.2 Å². The third kappa shape index (κ3) is 3.60. The summed E-state index contributed by atoms with van der Waals surface area (Å²) in [7, 11) is 2.62. The van der Waals surface area contributed by atoms with Crippen molar-refractivity contribution in [3.05, 3.63) is 20.8 Å². The number of halogens is 3. The molecule has 1 rings (SSSR count). The van der Waals surface area contributed by atoms with Crippen molar-refractivity contribution in [3.63, 3.8) is 0 Å². The molecule has 1 heterocycles. The smallest absolute Gasteiger partial charge is 0.364 e. The van der Waals surface area contributed by atoms with E-state index in [1.54, 1.807) is 0 Å². The highest BCUT2D eigenvalue weighted by Gasteiger charge is 2.25. The lowest BCUT2D eigenvalue weighted by Crippen LogP contribution is -2.40. The van der Waals surface area contributed by atoms with E-state index in [9.17, 15) is 22.8 Å². The predicted octanol–water partition coefficient (Wildman–Crippen LogP) is 0.233. The minimum Gasteiger partial charge on any atom is -0.364 e. The number of aromatic nitrogens is 3. The van der Waals surface area contributed by atoms with Crippen LogP contribution >= 0.6 is 0 Å². The van der Waals surface area contributed by atoms with Crippen LogP contribution in [-0.2, 0) is 14.1 Å². The molecule has 18 heavy (non-hydrogen) atoms. The van der Waals surface area contributed by atoms with Gasteiger partial charge < -0.3 is 5.32 Å². The van der Waals surface area contributed by atoms with Gasteiger partial charge in [0.1, 0.15) is 0 Å². The average Bonchev–Trinajstić information content (AvgIpc) is 2.26. The normalized spacial score (nSPS) is 11.6. The van der Waals surface area contributed by atoms with E-state index in [1.807, 2.05) is 0 Å². The van der Waals surface area contributed by atoms with Gasteiger partial charge in [0.25, 0.3) is 5.56 Å². The van der Waals surface area contributed by atoms with Gasteiger partial charge in [-0.05, 0) is 6.42 Å². The van der Waals surface area contributed by atoms with E-state index in [2.05, 4.69) is 10.4 Å². The first-order valence-corrected chi connectivity index (χ1v) is 5.17. The molecule has 0 spiro atoms. The summed E-state index contributed by atoms with van der Waals surface area (Å²) in [5.74, 6) is -0.137. The fraction of sp³-hybridized carbons (Fsp3) is 0.667. The SMILES string of the molecule is Cn1nc(NCCCC(F)(F)F)c(=O)n(C)c1=O. The minimum absolute atomic E-state index is 0.0417. The number of rotatable bonds is 4. The first kappa shape index (κ1) is 14.3. The van der Waals surface area contributed by atoms with Crippen LogP contribution < -0.4 is 16.6 Å². The number of hydrogen-bond donors (Lipinski definition) is 1. The molecule has 1 N–H and O–H groups in total. The van der Waals surface area contributed by atoms with Crippen LogP contribution in [0.1, 0.15) is 12.8 Å². The van der Waals surface area contributed by atoms with Crippen LogP contribution in [-0.4, -0.2) is 27.1 Å². The Balaban J connectivity index is 2.70. The van der Waals surface area contributed by atoms with Crippen molar-refractivity contribution < 1.29 is 13.2 Å². The lowest BCUT2D eigenvalue weighted by molar-refractivity contribution is -0.134. The maximum Gasteiger partial charge on any atom is 0.389 e. The third-order valence-electron chi connectivity index (χ3n) is 2.25. The molecule has 0 unspecified atom stereocenters. The van der Waals surface area contributed by atoms with Gasteiger partial charge in [-0.25, -0.2) is 9.48 Å². The Morgan fingerprint density at radius 2 is 1.89 bits per heavy atom. The molecule has 102 valence electrons. The molecule has 0 aliphatic rings. The number of anilines is 1. The predicted molar refractivity (Wildman–Crippen MR) is 58.5 cm³/mol. The zero-order chi connectivity index (χ0) is 13.9. The van der Waals surface area contributed by atoms with Gasteiger partial charge in [-0.15, -0.1) is 5.10 Å². The summed E-state index contributed by atoms with van der Waals surface area (Å²) in [6.07, 6.45) is -5.33. The highest BCUT2D eigenvalue weighted by Crippen LogP contribution is 2.20. The minimum atomic E-state index is -4.22. The largest absolute Gasteiger partial charge is 0.389 e. The van der Waals surface area contributed by atoms with Gasteiger partial charge in [-0.3, -0.25) is 9.36 Å². The van der Waals surface area contributed by atoms with Crippen molar-refractivity contribution in [2.45, 2.75) is 19.0 Å². The first-order chi connectivity index (χ1) is 8.22. The van der Waals surface area contributed by atoms with E-state index in [1.165, 1.54) is 14.1 Å². The van der Waals surface area contributed by atoms with E-state index in [0.29, 0.717) is 0 Å². The molecule has 0 aromatic carbocycles. The van der Waals surface area contributed by atoms with Gasteiger partial charge >= 0.3 is 11.9 Å². The molecule has 0 saturated carbocycles. The van der Waals surface area contributed by atoms with Crippen LogP contribution in [0.4, 0.5) is 19.0 Å². The Kier molecular flexibility index (Phi) is 4.15. The molecule has 0 aliphatic heterocycles. The highest BCUT2D eigenvalue weighted by atomic mass is 19.4. The highest BCUT2D eigenvalue weighted by molar-refractivity contribution is 5.29. The summed E-state index contributed by atoms with van der Waals surface area (Å²) in [4.78, 5) is 22.8. The quantitative estimate of drug-likeness (QED) is 0.792. The van der Waals surface area contributed by atoms with Gasteiger partial charge in [0.15, 0.2) is 0 Å². The monoisotopic (exact) mass is 266 g/mol. The van der Waals surface area contributed by atoms with E-state index in [-0.39, 0.29) is 18.8 Å². The topological polar surface area (TPSA) is 68.9 Å². The summed E-state index contributed by atoms with van der Waals surface area (Å²) in [5, 5.41) is 6.14. The Morgan fingerprint density at radius 3 is 2.44 bits per heavy atom. The van der Waals surface area contributed by atoms with E-state index < -0.39 is 23.8 Å². The Morgan fingerprint density at radius 1 is 1.28 bits per heavy atom. The molecule has 0 bridgehead atoms. The van der Waals surface area contributed by atoms with Crippen molar-refractivity contribution in [2.24, 2.45) is 14.1 Å². The third-order valence-corrected chi connectivity index (χ3v) is 2.25. The lowest BCUT2D eigenvalue weighted by atomic mass is 10.3. The first-order valence-electron chi connectivity index (χ1n) is 5.17. The molecule has 0 atom stereocenters. The maximum atomic E-state index is 11.9. The summed E-state index contributed by atoms with van der Waals surface area (Å²) in [6.45, 7) is -0.0417. The van der Waals surface area contributed by atoms with Crippen molar-refractivity contribution in [1.82, 2.24) is 14.3 Å². The molecule has 6 nitrogen and oxygen atoms in total. The number of alkyl halides is 3. The summed E-state index contributed by atoms with van der Waals surface area (Å²) in [5.41, 5.74) is -1.26. The van der Waals surface area contributed by atoms with Gasteiger partial charge in [0.2, 0.25) is 5.82 Å². The number of nitrogens with zero attached hydrogens (tertiary/aromatic N) is 3. The van der Waals surface area contributed by atoms with E-state index in [0.717, 1.165) is 9.25 Å². The molecule has 0 aliphatic carbocycles. The van der Waals surface area contributed by atoms with E-state index >= 15 is 0 Å². The van der Waals surface area contributed by atoms with Crippen LogP contribution in [0.2, 0.25) is 0 Å². The molecular formula is C9H13F3N4O2. The zero-order valence-electron chi connectivity index (χ0n) is 9.91. The summed E-state index contributed by atoms with van der Waals surface area (Å²) >= 11 is 0. The maximum absolute atomic E-state index is 11.9. The standard InChI is InChI=1S/C9H13F3N4O2/c1-15-7(17)6(14-16(2)8(15)18)13-5-3-4-9(10,11)12/h3-5H2,1-2H3,(H,13,14). The molecular weight excluding hydrogens is 253 g/mol. The fourth-order valence-electron chi connectivity index (χ4n) is 1.30. The van der Waals surface area contributed by atoms with Crippen LogP contribution in [0.5, 0.6) is 0 Å². The second kappa shape index (κ2) is 5.23. The second-order valence-electron chi connectivity index (χ2n) is 3.76. The van der Waals surface area contributed by atoms with Crippen molar-refractivity contribution in [1.29, 1.82) is 0 Å². The van der Waals surface area contributed by atoms with Gasteiger partial charge in [0, 0.05) is 27.1 Å². The molecule has 0 saturated heterocycles. The van der Waals surface area contributed by atoms with E-state index in [4.69, 9.17) is 0 Å². The average molecular weight is 266 g/mol. The van der Waals surface area contributed by atoms with Crippen LogP contribution in [0.25, 0.3) is 0 Å². The summed E-state index contributed by atoms with van der Waals surface area (Å²) in [6, 6.07) is 0. The van der Waals surface area contributed by atoms with Gasteiger partial charge in [-0.1, -0.05) is 0 Å². The Bertz CT molecular complexity index is 532. The van der Waals surface area contributed by atoms with Crippen LogP contribution in [0.15, 0.2) is 9.59 Å². The zero-order valence-corrected chi connectivity index (χ0v) is 9.91. The van der Waals surface area contributed by atoms with Crippen molar-refractivity contribution >= 4 is 5.82 Å². The molecule has 9 heteroatoms. The Labute approximate surface area is 100 Å². The fourth-order valence-corrected chi connectivity index (χ4v) is 1.30. The Hall–Kier alpha value is -1.80. The lowest BCUT2D eigenvalue weighted by Gasteiger charge is -2.09. The number of aryl methyl sites for hydroxylation is 1. The van der Waals surface area contributed by atoms with Crippen molar-refractivity contribution in [3.8, 4) is 0 Å². The molecule has 1 aromatic rings. The molecule has 1 aromatic heterocycles. The molecule has 0 radical (unpaired) electrons. The number of hydrogen-bond acceptors (Lipinski definition) is 4.